The van der Waals surface area contributed by atoms with Crippen LogP contribution in [0.25, 0.3) is 0 Å². The van der Waals surface area contributed by atoms with Gasteiger partial charge in [0.1, 0.15) is 5.75 Å². The number of nitrogens with two attached hydrogens (primary N) is 1. The highest BCUT2D eigenvalue weighted by molar-refractivity contribution is 5.82. The molecule has 0 radical (unpaired) electrons. The first-order valence-electron chi connectivity index (χ1n) is 9.79. The van der Waals surface area contributed by atoms with Crippen molar-refractivity contribution in [2.45, 2.75) is 12.8 Å². The van der Waals surface area contributed by atoms with Gasteiger partial charge in [-0.25, -0.2) is 4.79 Å². The van der Waals surface area contributed by atoms with E-state index >= 15 is 0 Å². The number of carbonyl (C=O) groups is 3. The highest BCUT2D eigenvalue weighted by Gasteiger charge is 2.27. The number of hydrogen-bond acceptors (Lipinski definition) is 6. The fourth-order valence-corrected chi connectivity index (χ4v) is 3.18. The lowest BCUT2D eigenvalue weighted by atomic mass is 9.97. The molecule has 0 unspecified atom stereocenters. The molecular formula is C22H25N3O5. The van der Waals surface area contributed by atoms with Crippen molar-refractivity contribution in [3.63, 3.8) is 0 Å². The summed E-state index contributed by atoms with van der Waals surface area (Å²) in [4.78, 5) is 36.9. The van der Waals surface area contributed by atoms with Crippen molar-refractivity contribution in [2.75, 3.05) is 31.6 Å². The molecule has 1 fully saturated rings. The van der Waals surface area contributed by atoms with Gasteiger partial charge in [-0.05, 0) is 49.2 Å². The minimum Gasteiger partial charge on any atom is -0.482 e. The molecule has 1 atom stereocenters. The molecule has 8 nitrogen and oxygen atoms in total. The Kier molecular flexibility index (Phi) is 7.26. The predicted octanol–water partition coefficient (Wildman–Crippen LogP) is 2.08. The lowest BCUT2D eigenvalue weighted by molar-refractivity contribution is -0.154. The number of piperidine rings is 1. The second-order valence-corrected chi connectivity index (χ2v) is 7.05. The van der Waals surface area contributed by atoms with Gasteiger partial charge < -0.3 is 25.4 Å². The summed E-state index contributed by atoms with van der Waals surface area (Å²) in [5.74, 6) is -1.23. The van der Waals surface area contributed by atoms with Crippen LogP contribution in [-0.2, 0) is 19.1 Å². The lowest BCUT2D eigenvalue weighted by Gasteiger charge is -2.31. The minimum absolute atomic E-state index is 0.269. The average Bonchev–Trinajstić information content (AvgIpc) is 2.77. The van der Waals surface area contributed by atoms with E-state index in [0.717, 1.165) is 11.4 Å². The summed E-state index contributed by atoms with van der Waals surface area (Å²) in [5.41, 5.74) is 7.17. The topological polar surface area (TPSA) is 111 Å². The van der Waals surface area contributed by atoms with E-state index in [2.05, 4.69) is 5.32 Å². The molecule has 0 aromatic heterocycles. The van der Waals surface area contributed by atoms with Crippen LogP contribution in [0.15, 0.2) is 54.6 Å². The van der Waals surface area contributed by atoms with Gasteiger partial charge in [0.05, 0.1) is 5.92 Å². The Bertz CT molecular complexity index is 870. The second kappa shape index (κ2) is 10.3. The van der Waals surface area contributed by atoms with Crippen molar-refractivity contribution < 1.29 is 23.9 Å². The van der Waals surface area contributed by atoms with Gasteiger partial charge in [-0.15, -0.1) is 0 Å². The molecular weight excluding hydrogens is 386 g/mol. The number of likely N-dealkylation sites (tertiary alicyclic amines) is 1. The van der Waals surface area contributed by atoms with Crippen LogP contribution in [0, 0.1) is 5.92 Å². The van der Waals surface area contributed by atoms with Crippen molar-refractivity contribution in [1.82, 2.24) is 4.90 Å². The van der Waals surface area contributed by atoms with Gasteiger partial charge in [0.15, 0.2) is 13.2 Å². The van der Waals surface area contributed by atoms with Gasteiger partial charge in [-0.1, -0.05) is 18.2 Å². The third-order valence-electron chi connectivity index (χ3n) is 4.81. The van der Waals surface area contributed by atoms with E-state index < -0.39 is 11.9 Å². The van der Waals surface area contributed by atoms with E-state index in [1.165, 1.54) is 4.90 Å². The number of carbonyl (C=O) groups excluding carboxylic acids is 3. The van der Waals surface area contributed by atoms with Gasteiger partial charge in [0.25, 0.3) is 5.91 Å². The highest BCUT2D eigenvalue weighted by Crippen LogP contribution is 2.20. The van der Waals surface area contributed by atoms with Crippen LogP contribution in [0.5, 0.6) is 5.75 Å². The molecule has 3 N–H and O–H groups in total. The first kappa shape index (κ1) is 21.2. The first-order chi connectivity index (χ1) is 14.5. The van der Waals surface area contributed by atoms with Crippen LogP contribution >= 0.6 is 0 Å². The molecule has 30 heavy (non-hydrogen) atoms. The molecule has 0 aliphatic carbocycles. The zero-order chi connectivity index (χ0) is 21.3. The molecule has 2 aromatic carbocycles. The molecule has 1 heterocycles. The zero-order valence-corrected chi connectivity index (χ0v) is 16.6. The van der Waals surface area contributed by atoms with Crippen molar-refractivity contribution in [3.8, 4) is 5.75 Å². The Morgan fingerprint density at radius 2 is 1.70 bits per heavy atom. The maximum absolute atomic E-state index is 12.2. The molecule has 2 aromatic rings. The molecule has 0 saturated carbocycles. The Morgan fingerprint density at radius 1 is 1.00 bits per heavy atom. The fourth-order valence-electron chi connectivity index (χ4n) is 3.18. The maximum Gasteiger partial charge on any atom is 0.344 e. The number of esters is 1. The summed E-state index contributed by atoms with van der Waals surface area (Å²) >= 11 is 0. The van der Waals surface area contributed by atoms with Crippen molar-refractivity contribution in [1.29, 1.82) is 0 Å². The van der Waals surface area contributed by atoms with E-state index in [9.17, 15) is 14.4 Å². The number of rotatable bonds is 8. The van der Waals surface area contributed by atoms with Crippen molar-refractivity contribution >= 4 is 29.2 Å². The number of anilines is 2. The fraction of sp³-hybridized carbons (Fsp3) is 0.318. The van der Waals surface area contributed by atoms with E-state index in [1.807, 2.05) is 42.5 Å². The smallest absolute Gasteiger partial charge is 0.344 e. The second-order valence-electron chi connectivity index (χ2n) is 7.05. The van der Waals surface area contributed by atoms with E-state index in [-0.39, 0.29) is 31.6 Å². The Morgan fingerprint density at radius 3 is 2.40 bits per heavy atom. The third-order valence-corrected chi connectivity index (χ3v) is 4.81. The van der Waals surface area contributed by atoms with E-state index in [1.54, 1.807) is 12.1 Å². The summed E-state index contributed by atoms with van der Waals surface area (Å²) in [6.45, 7) is 0.113. The summed E-state index contributed by atoms with van der Waals surface area (Å²) in [6.07, 6.45) is 1.37. The number of amides is 2. The summed E-state index contributed by atoms with van der Waals surface area (Å²) in [7, 11) is 0. The number of para-hydroxylation sites is 1. The molecule has 8 heteroatoms. The van der Waals surface area contributed by atoms with Crippen LogP contribution in [0.1, 0.15) is 12.8 Å². The van der Waals surface area contributed by atoms with Crippen LogP contribution in [0.4, 0.5) is 11.4 Å². The SMILES string of the molecule is NC(=O)[C@H]1CCCN(C(=O)COC(=O)COc2ccc(Nc3ccccc3)cc2)C1. The quantitative estimate of drug-likeness (QED) is 0.644. The maximum atomic E-state index is 12.2. The number of benzene rings is 2. The molecule has 0 spiro atoms. The van der Waals surface area contributed by atoms with Crippen LogP contribution in [-0.4, -0.2) is 49.0 Å². The summed E-state index contributed by atoms with van der Waals surface area (Å²) < 4.78 is 10.4. The standard InChI is InChI=1S/C22H25N3O5/c23-22(28)16-5-4-12-25(13-16)20(26)14-30-21(27)15-29-19-10-8-18(9-11-19)24-17-6-2-1-3-7-17/h1-3,6-11,16,24H,4-5,12-15H2,(H2,23,28)/t16-/m0/s1. The van der Waals surface area contributed by atoms with Crippen molar-refractivity contribution in [3.05, 3.63) is 54.6 Å². The Hall–Kier alpha value is -3.55. The zero-order valence-electron chi connectivity index (χ0n) is 16.6. The highest BCUT2D eigenvalue weighted by atomic mass is 16.6. The van der Waals surface area contributed by atoms with Gasteiger partial charge in [-0.2, -0.15) is 0 Å². The van der Waals surface area contributed by atoms with Crippen LogP contribution in [0.2, 0.25) is 0 Å². The third kappa shape index (κ3) is 6.23. The lowest BCUT2D eigenvalue weighted by Crippen LogP contribution is -2.45. The van der Waals surface area contributed by atoms with Crippen LogP contribution < -0.4 is 15.8 Å². The first-order valence-corrected chi connectivity index (χ1v) is 9.79. The molecule has 0 bridgehead atoms. The van der Waals surface area contributed by atoms with Gasteiger partial charge >= 0.3 is 5.97 Å². The normalized spacial score (nSPS) is 15.9. The molecule has 2 amide bonds. The largest absolute Gasteiger partial charge is 0.482 e. The molecule has 3 rings (SSSR count). The van der Waals surface area contributed by atoms with Crippen LogP contribution in [0.3, 0.4) is 0 Å². The van der Waals surface area contributed by atoms with E-state index in [4.69, 9.17) is 15.2 Å². The number of ether oxygens (including phenoxy) is 2. The number of nitrogens with zero attached hydrogens (tertiary/aromatic N) is 1. The number of hydrogen-bond donors (Lipinski definition) is 2. The summed E-state index contributed by atoms with van der Waals surface area (Å²) in [5, 5.41) is 3.25. The van der Waals surface area contributed by atoms with Gasteiger partial charge in [0.2, 0.25) is 5.91 Å². The van der Waals surface area contributed by atoms with Gasteiger partial charge in [-0.3, -0.25) is 9.59 Å². The number of primary amides is 1. The minimum atomic E-state index is -0.640. The molecule has 1 aliphatic heterocycles. The Labute approximate surface area is 174 Å². The number of nitrogens with one attached hydrogen (secondary N) is 1. The van der Waals surface area contributed by atoms with Gasteiger partial charge in [0, 0.05) is 24.5 Å². The predicted molar refractivity (Wildman–Crippen MR) is 111 cm³/mol. The monoisotopic (exact) mass is 411 g/mol. The van der Waals surface area contributed by atoms with E-state index in [0.29, 0.717) is 25.1 Å². The Balaban J connectivity index is 1.39. The van der Waals surface area contributed by atoms with Crippen molar-refractivity contribution in [2.24, 2.45) is 11.7 Å². The summed E-state index contributed by atoms with van der Waals surface area (Å²) in [6, 6.07) is 16.9. The molecule has 1 aliphatic rings. The molecule has 1 saturated heterocycles. The average molecular weight is 411 g/mol. The molecule has 158 valence electrons.